The van der Waals surface area contributed by atoms with Gasteiger partial charge < -0.3 is 30.1 Å². The van der Waals surface area contributed by atoms with Crippen molar-refractivity contribution in [2.45, 2.75) is 6.42 Å². The minimum atomic E-state index is -4.53. The molecule has 0 bridgehead atoms. The largest absolute Gasteiger partial charge is 0.471 e. The van der Waals surface area contributed by atoms with Gasteiger partial charge in [-0.3, -0.25) is 4.52 Å². The molecule has 3 aromatic rings. The molecule has 0 saturated carbocycles. The first-order chi connectivity index (χ1) is 15.8. The van der Waals surface area contributed by atoms with E-state index in [1.165, 1.54) is 30.7 Å². The average Bonchev–Trinajstić information content (AvgIpc) is 3.23. The number of aromatic nitrogens is 3. The number of nitrogens with two attached hydrogens (primary N) is 1. The molecular formula is C20H21FN5O6P. The Bertz CT molecular complexity index is 1160. The van der Waals surface area contributed by atoms with E-state index in [-0.39, 0.29) is 25.0 Å². The van der Waals surface area contributed by atoms with Crippen LogP contribution in [0, 0.1) is 5.82 Å². The Morgan fingerprint density at radius 1 is 1.27 bits per heavy atom. The molecule has 2 aromatic heterocycles. The van der Waals surface area contributed by atoms with Crippen molar-refractivity contribution in [2.24, 2.45) is 5.73 Å². The number of ether oxygens (including phenoxy) is 1. The molecule has 174 valence electrons. The van der Waals surface area contributed by atoms with Gasteiger partial charge in [-0.15, -0.1) is 0 Å². The second-order valence-electron chi connectivity index (χ2n) is 6.48. The number of allylic oxidation sites excluding steroid dienone is 2. The van der Waals surface area contributed by atoms with E-state index in [9.17, 15) is 8.96 Å². The highest BCUT2D eigenvalue weighted by molar-refractivity contribution is 7.46. The molecule has 2 heterocycles. The van der Waals surface area contributed by atoms with Crippen molar-refractivity contribution in [1.82, 2.24) is 20.4 Å². The van der Waals surface area contributed by atoms with Gasteiger partial charge in [-0.05, 0) is 36.0 Å². The molecule has 11 nitrogen and oxygen atoms in total. The van der Waals surface area contributed by atoms with Gasteiger partial charge in [0, 0.05) is 37.0 Å². The first-order valence-corrected chi connectivity index (χ1v) is 11.1. The van der Waals surface area contributed by atoms with Crippen molar-refractivity contribution >= 4 is 13.4 Å². The van der Waals surface area contributed by atoms with Crippen LogP contribution in [0.2, 0.25) is 0 Å². The molecule has 0 amide bonds. The standard InChI is InChI=1S/C20H21FN5O6P/c21-17-10-14(4-5-18(17)31-20-24-7-2-8-25-20)9-16-11-19(32-26-16)15(12-22)3-1-6-23-13-30-33(27,28)29/h1-8,10-11,23H,9,12-13,22H2,(H2,27,28,29)/b6-1-,15-3+. The third kappa shape index (κ3) is 7.90. The predicted octanol–water partition coefficient (Wildman–Crippen LogP) is 2.50. The molecular weight excluding hydrogens is 456 g/mol. The lowest BCUT2D eigenvalue weighted by Gasteiger charge is -2.06. The van der Waals surface area contributed by atoms with Gasteiger partial charge in [0.05, 0.1) is 5.69 Å². The Hall–Kier alpha value is -3.41. The molecule has 3 rings (SSSR count). The summed E-state index contributed by atoms with van der Waals surface area (Å²) in [6.07, 6.45) is 7.94. The van der Waals surface area contributed by atoms with E-state index in [2.05, 4.69) is 25.0 Å². The van der Waals surface area contributed by atoms with Crippen LogP contribution in [0.1, 0.15) is 17.0 Å². The van der Waals surface area contributed by atoms with Crippen LogP contribution in [0.15, 0.2) is 65.6 Å². The van der Waals surface area contributed by atoms with Gasteiger partial charge in [0.25, 0.3) is 0 Å². The summed E-state index contributed by atoms with van der Waals surface area (Å²) in [7, 11) is -4.53. The zero-order valence-electron chi connectivity index (χ0n) is 17.2. The van der Waals surface area contributed by atoms with Gasteiger partial charge >= 0.3 is 13.8 Å². The fraction of sp³-hybridized carbons (Fsp3) is 0.150. The minimum absolute atomic E-state index is 0.00531. The van der Waals surface area contributed by atoms with E-state index < -0.39 is 13.6 Å². The molecule has 0 unspecified atom stereocenters. The second kappa shape index (κ2) is 11.5. The predicted molar refractivity (Wildman–Crippen MR) is 115 cm³/mol. The smallest absolute Gasteiger partial charge is 0.421 e. The lowest BCUT2D eigenvalue weighted by molar-refractivity contribution is 0.191. The number of halogens is 1. The number of hydrogen-bond acceptors (Lipinski definition) is 9. The second-order valence-corrected chi connectivity index (χ2v) is 7.72. The number of benzene rings is 1. The summed E-state index contributed by atoms with van der Waals surface area (Å²) in [6.45, 7) is -0.210. The number of hydrogen-bond donors (Lipinski definition) is 4. The first kappa shape index (κ1) is 24.2. The third-order valence-electron chi connectivity index (χ3n) is 4.05. The Kier molecular flexibility index (Phi) is 8.41. The maximum atomic E-state index is 14.4. The Balaban J connectivity index is 1.60. The van der Waals surface area contributed by atoms with Crippen LogP contribution in [0.25, 0.3) is 5.57 Å². The molecule has 0 aliphatic carbocycles. The summed E-state index contributed by atoms with van der Waals surface area (Å²) in [6, 6.07) is 7.88. The fourth-order valence-electron chi connectivity index (χ4n) is 2.58. The molecule has 13 heteroatoms. The number of rotatable bonds is 11. The molecule has 0 spiro atoms. The fourth-order valence-corrected chi connectivity index (χ4v) is 2.82. The minimum Gasteiger partial charge on any atom is -0.421 e. The lowest BCUT2D eigenvalue weighted by Crippen LogP contribution is -2.09. The van der Waals surface area contributed by atoms with Crippen LogP contribution in [-0.2, 0) is 15.5 Å². The van der Waals surface area contributed by atoms with Gasteiger partial charge in [0.1, 0.15) is 6.73 Å². The van der Waals surface area contributed by atoms with Crippen molar-refractivity contribution in [3.8, 4) is 11.8 Å². The third-order valence-corrected chi connectivity index (χ3v) is 4.51. The number of phosphoric acid groups is 1. The first-order valence-electron chi connectivity index (χ1n) is 9.52. The van der Waals surface area contributed by atoms with E-state index in [1.54, 1.807) is 30.4 Å². The molecule has 5 N–H and O–H groups in total. The van der Waals surface area contributed by atoms with Gasteiger partial charge in [0.2, 0.25) is 0 Å². The molecule has 33 heavy (non-hydrogen) atoms. The van der Waals surface area contributed by atoms with Crippen molar-refractivity contribution in [1.29, 1.82) is 0 Å². The summed E-state index contributed by atoms with van der Waals surface area (Å²) in [5, 5.41) is 6.55. The molecule has 0 aliphatic heterocycles. The molecule has 0 atom stereocenters. The summed E-state index contributed by atoms with van der Waals surface area (Å²) in [5.41, 5.74) is 7.60. The Morgan fingerprint density at radius 2 is 2.06 bits per heavy atom. The van der Waals surface area contributed by atoms with Gasteiger partial charge in [0.15, 0.2) is 17.3 Å². The number of phosphoric ester groups is 1. The van der Waals surface area contributed by atoms with E-state index in [0.717, 1.165) is 0 Å². The summed E-state index contributed by atoms with van der Waals surface area (Å²) >= 11 is 0. The topological polar surface area (TPSA) is 166 Å². The van der Waals surface area contributed by atoms with Crippen LogP contribution in [0.5, 0.6) is 11.8 Å². The van der Waals surface area contributed by atoms with Crippen LogP contribution < -0.4 is 15.8 Å². The molecule has 1 aromatic carbocycles. The number of nitrogens with zero attached hydrogens (tertiary/aromatic N) is 3. The van der Waals surface area contributed by atoms with Gasteiger partial charge in [-0.2, -0.15) is 0 Å². The number of nitrogens with one attached hydrogen (secondary N) is 1. The van der Waals surface area contributed by atoms with Crippen molar-refractivity contribution < 1.29 is 32.5 Å². The molecule has 0 aliphatic rings. The molecule has 0 radical (unpaired) electrons. The highest BCUT2D eigenvalue weighted by Crippen LogP contribution is 2.34. The summed E-state index contributed by atoms with van der Waals surface area (Å²) < 4.78 is 39.9. The zero-order chi connectivity index (χ0) is 23.7. The van der Waals surface area contributed by atoms with Crippen LogP contribution in [-0.4, -0.2) is 38.2 Å². The van der Waals surface area contributed by atoms with Crippen LogP contribution in [0.3, 0.4) is 0 Å². The van der Waals surface area contributed by atoms with E-state index in [4.69, 9.17) is 24.8 Å². The van der Waals surface area contributed by atoms with E-state index in [0.29, 0.717) is 29.0 Å². The Morgan fingerprint density at radius 3 is 2.76 bits per heavy atom. The average molecular weight is 477 g/mol. The van der Waals surface area contributed by atoms with E-state index >= 15 is 0 Å². The molecule has 0 fully saturated rings. The maximum absolute atomic E-state index is 14.4. The van der Waals surface area contributed by atoms with Gasteiger partial charge in [-0.25, -0.2) is 18.9 Å². The van der Waals surface area contributed by atoms with E-state index in [1.807, 2.05) is 0 Å². The normalized spacial score (nSPS) is 12.3. The van der Waals surface area contributed by atoms with Crippen molar-refractivity contribution in [2.75, 3.05) is 13.3 Å². The summed E-state index contributed by atoms with van der Waals surface area (Å²) in [5.74, 6) is -0.123. The summed E-state index contributed by atoms with van der Waals surface area (Å²) in [4.78, 5) is 25.0. The zero-order valence-corrected chi connectivity index (χ0v) is 18.1. The SMILES string of the molecule is NC/C(=C\C=C/NCOP(=O)(O)O)c1cc(Cc2ccc(Oc3ncccn3)c(F)c2)no1. The monoisotopic (exact) mass is 477 g/mol. The molecule has 0 saturated heterocycles. The lowest BCUT2D eigenvalue weighted by atomic mass is 10.1. The maximum Gasteiger partial charge on any atom is 0.471 e. The van der Waals surface area contributed by atoms with Crippen molar-refractivity contribution in [3.63, 3.8) is 0 Å². The van der Waals surface area contributed by atoms with Gasteiger partial charge in [-0.1, -0.05) is 17.3 Å². The van der Waals surface area contributed by atoms with Crippen LogP contribution in [0.4, 0.5) is 4.39 Å². The highest BCUT2D eigenvalue weighted by atomic mass is 31.2. The Labute approximate surface area is 188 Å². The quantitative estimate of drug-likeness (QED) is 0.139. The van der Waals surface area contributed by atoms with Crippen molar-refractivity contribution in [3.05, 3.63) is 83.9 Å². The van der Waals surface area contributed by atoms with Crippen LogP contribution >= 0.6 is 7.82 Å². The highest BCUT2D eigenvalue weighted by Gasteiger charge is 2.13.